The topological polar surface area (TPSA) is 73.2 Å². The summed E-state index contributed by atoms with van der Waals surface area (Å²) < 4.78 is 85.9. The van der Waals surface area contributed by atoms with Crippen molar-refractivity contribution < 1.29 is 40.7 Å². The molecule has 1 amide bonds. The molecule has 1 aliphatic carbocycles. The smallest absolute Gasteiger partial charge is 0.436 e. The molecule has 3 aromatic rings. The van der Waals surface area contributed by atoms with E-state index in [1.165, 1.54) is 6.92 Å². The second kappa shape index (κ2) is 8.68. The zero-order valence-corrected chi connectivity index (χ0v) is 18.9. The molecule has 1 fully saturated rings. The van der Waals surface area contributed by atoms with Crippen LogP contribution in [0.4, 0.5) is 26.3 Å². The quantitative estimate of drug-likeness (QED) is 0.332. The van der Waals surface area contributed by atoms with Gasteiger partial charge in [-0.25, -0.2) is 4.68 Å². The summed E-state index contributed by atoms with van der Waals surface area (Å²) in [6.07, 6.45) is -8.71. The fourth-order valence-corrected chi connectivity index (χ4v) is 3.77. The number of carbonyl (C=O) groups excluding carboxylic acids is 2. The molecule has 1 saturated carbocycles. The molecule has 0 aliphatic heterocycles. The molecule has 1 aromatic heterocycles. The lowest BCUT2D eigenvalue weighted by molar-refractivity contribution is -0.142. The molecule has 6 nitrogen and oxygen atoms in total. The van der Waals surface area contributed by atoms with Gasteiger partial charge < -0.3 is 10.1 Å². The molecule has 1 N–H and O–H groups in total. The van der Waals surface area contributed by atoms with Gasteiger partial charge >= 0.3 is 12.4 Å². The van der Waals surface area contributed by atoms with E-state index in [-0.39, 0.29) is 11.5 Å². The van der Waals surface area contributed by atoms with Crippen LogP contribution in [0.1, 0.15) is 57.3 Å². The highest BCUT2D eigenvalue weighted by Crippen LogP contribution is 2.47. The molecule has 1 aliphatic rings. The maximum atomic E-state index is 13.7. The van der Waals surface area contributed by atoms with Crippen LogP contribution in [0.5, 0.6) is 11.6 Å². The van der Waals surface area contributed by atoms with E-state index in [9.17, 15) is 35.9 Å². The van der Waals surface area contributed by atoms with Crippen LogP contribution in [0.2, 0.25) is 0 Å². The minimum atomic E-state index is -5.01. The number of alkyl halides is 6. The van der Waals surface area contributed by atoms with Crippen LogP contribution in [0.15, 0.2) is 48.5 Å². The first-order valence-corrected chi connectivity index (χ1v) is 10.6. The Kier molecular flexibility index (Phi) is 6.09. The van der Waals surface area contributed by atoms with Gasteiger partial charge in [-0.05, 0) is 49.6 Å². The first-order chi connectivity index (χ1) is 16.7. The monoisotopic (exact) mass is 511 g/mol. The molecule has 0 radical (unpaired) electrons. The van der Waals surface area contributed by atoms with Crippen molar-refractivity contribution in [1.82, 2.24) is 15.1 Å². The van der Waals surface area contributed by atoms with Crippen molar-refractivity contribution in [3.05, 3.63) is 76.5 Å². The summed E-state index contributed by atoms with van der Waals surface area (Å²) in [5, 5.41) is 6.02. The molecule has 4 rings (SSSR count). The van der Waals surface area contributed by atoms with E-state index >= 15 is 0 Å². The van der Waals surface area contributed by atoms with Crippen LogP contribution in [-0.4, -0.2) is 21.5 Å². The lowest BCUT2D eigenvalue weighted by Crippen LogP contribution is -2.36. The van der Waals surface area contributed by atoms with Gasteiger partial charge in [0.1, 0.15) is 11.3 Å². The number of halogens is 6. The number of ether oxygens (including phenoxy) is 1. The van der Waals surface area contributed by atoms with Crippen LogP contribution >= 0.6 is 0 Å². The number of nitrogens with one attached hydrogen (secondary N) is 1. The molecule has 0 atom stereocenters. The van der Waals surface area contributed by atoms with E-state index in [1.807, 2.05) is 0 Å². The van der Waals surface area contributed by atoms with Crippen molar-refractivity contribution in [2.75, 3.05) is 0 Å². The first kappa shape index (κ1) is 25.3. The summed E-state index contributed by atoms with van der Waals surface area (Å²) >= 11 is 0. The Labute approximate surface area is 200 Å². The van der Waals surface area contributed by atoms with Gasteiger partial charge in [-0.1, -0.05) is 24.3 Å². The minimum Gasteiger partial charge on any atom is -0.438 e. The van der Waals surface area contributed by atoms with Gasteiger partial charge in [0.2, 0.25) is 5.88 Å². The van der Waals surface area contributed by atoms with E-state index in [0.29, 0.717) is 40.8 Å². The molecule has 0 spiro atoms. The second-order valence-corrected chi connectivity index (χ2v) is 8.44. The van der Waals surface area contributed by atoms with Crippen molar-refractivity contribution in [3.63, 3.8) is 0 Å². The summed E-state index contributed by atoms with van der Waals surface area (Å²) in [7, 11) is 1.12. The third-order valence-electron chi connectivity index (χ3n) is 5.83. The average molecular weight is 511 g/mol. The Bertz CT molecular complexity index is 1310. The minimum absolute atomic E-state index is 0.161. The van der Waals surface area contributed by atoms with Gasteiger partial charge in [0.15, 0.2) is 11.5 Å². The predicted octanol–water partition coefficient (Wildman–Crippen LogP) is 5.87. The first-order valence-electron chi connectivity index (χ1n) is 10.6. The Balaban J connectivity index is 1.67. The number of benzene rings is 2. The Morgan fingerprint density at radius 3 is 2.00 bits per heavy atom. The number of rotatable bonds is 6. The van der Waals surface area contributed by atoms with Crippen LogP contribution in [-0.2, 0) is 24.9 Å². The summed E-state index contributed by atoms with van der Waals surface area (Å²) in [6, 6.07) is 9.66. The maximum absolute atomic E-state index is 13.7. The summed E-state index contributed by atoms with van der Waals surface area (Å²) in [4.78, 5) is 24.7. The van der Waals surface area contributed by atoms with Crippen molar-refractivity contribution in [2.24, 2.45) is 7.05 Å². The third kappa shape index (κ3) is 4.93. The lowest BCUT2D eigenvalue weighted by Gasteiger charge is -2.19. The molecular weight excluding hydrogens is 492 g/mol. The lowest BCUT2D eigenvalue weighted by atomic mass is 10.0. The maximum Gasteiger partial charge on any atom is 0.436 e. The van der Waals surface area contributed by atoms with Crippen molar-refractivity contribution in [1.29, 1.82) is 0 Å². The van der Waals surface area contributed by atoms with E-state index in [1.54, 1.807) is 24.3 Å². The Hall–Kier alpha value is -3.83. The highest BCUT2D eigenvalue weighted by atomic mass is 19.4. The molecule has 1 heterocycles. The number of carbonyl (C=O) groups is 2. The van der Waals surface area contributed by atoms with Crippen molar-refractivity contribution in [2.45, 2.75) is 37.7 Å². The van der Waals surface area contributed by atoms with Crippen molar-refractivity contribution in [3.8, 4) is 11.6 Å². The molecular formula is C24H19F6N3O3. The fraction of sp³-hybridized carbons (Fsp3) is 0.292. The third-order valence-corrected chi connectivity index (χ3v) is 5.83. The average Bonchev–Trinajstić information content (AvgIpc) is 3.49. The number of hydrogen-bond acceptors (Lipinski definition) is 4. The summed E-state index contributed by atoms with van der Waals surface area (Å²) in [6.45, 7) is 1.39. The molecule has 0 unspecified atom stereocenters. The van der Waals surface area contributed by atoms with E-state index in [2.05, 4.69) is 10.4 Å². The molecule has 12 heteroatoms. The Morgan fingerprint density at radius 2 is 1.53 bits per heavy atom. The number of aromatic nitrogens is 2. The number of Topliss-reactive ketones (excluding diaryl/α,β-unsaturated/α-hetero) is 1. The molecule has 36 heavy (non-hydrogen) atoms. The Morgan fingerprint density at radius 1 is 0.944 bits per heavy atom. The number of hydrogen-bond donors (Lipinski definition) is 1. The molecule has 2 aromatic carbocycles. The second-order valence-electron chi connectivity index (χ2n) is 8.44. The van der Waals surface area contributed by atoms with Gasteiger partial charge in [-0.2, -0.15) is 31.4 Å². The summed E-state index contributed by atoms with van der Waals surface area (Å²) in [5.74, 6) is -2.06. The van der Waals surface area contributed by atoms with Crippen LogP contribution in [0.3, 0.4) is 0 Å². The number of ketones is 1. The van der Waals surface area contributed by atoms with Gasteiger partial charge in [0, 0.05) is 12.6 Å². The van der Waals surface area contributed by atoms with Crippen LogP contribution < -0.4 is 10.1 Å². The molecule has 0 bridgehead atoms. The van der Waals surface area contributed by atoms with Gasteiger partial charge in [-0.15, -0.1) is 0 Å². The summed E-state index contributed by atoms with van der Waals surface area (Å²) in [5.41, 5.74) is -3.23. The SMILES string of the molecule is CC(=O)c1ccc(C2(NC(=O)c3c(C(F)(F)F)nn(C)c3Oc3ccc(C(F)(F)F)cc3)CC2)cc1. The van der Waals surface area contributed by atoms with Crippen LogP contribution in [0, 0.1) is 0 Å². The standard InChI is InChI=1S/C24H19F6N3O3/c1-13(34)14-3-5-15(6-4-14)22(11-12-22)31-20(35)18-19(24(28,29)30)32-33(2)21(18)36-17-9-7-16(8-10-17)23(25,26)27/h3-10H,11-12H2,1-2H3,(H,31,35). The number of aryl methyl sites for hydroxylation is 1. The molecule has 190 valence electrons. The van der Waals surface area contributed by atoms with Gasteiger partial charge in [0.05, 0.1) is 11.1 Å². The van der Waals surface area contributed by atoms with Crippen LogP contribution in [0.25, 0.3) is 0 Å². The zero-order valence-electron chi connectivity index (χ0n) is 18.9. The van der Waals surface area contributed by atoms with Gasteiger partial charge in [-0.3, -0.25) is 9.59 Å². The highest BCUT2D eigenvalue weighted by molar-refractivity contribution is 5.99. The largest absolute Gasteiger partial charge is 0.438 e. The van der Waals surface area contributed by atoms with E-state index in [0.717, 1.165) is 19.2 Å². The predicted molar refractivity (Wildman–Crippen MR) is 115 cm³/mol. The van der Waals surface area contributed by atoms with E-state index in [4.69, 9.17) is 4.74 Å². The molecule has 0 saturated heterocycles. The van der Waals surface area contributed by atoms with Crippen molar-refractivity contribution >= 4 is 11.7 Å². The van der Waals surface area contributed by atoms with Gasteiger partial charge in [0.25, 0.3) is 5.91 Å². The fourth-order valence-electron chi connectivity index (χ4n) is 3.77. The number of nitrogens with zero attached hydrogens (tertiary/aromatic N) is 2. The van der Waals surface area contributed by atoms with E-state index < -0.39 is 46.5 Å². The number of amides is 1. The zero-order chi connectivity index (χ0) is 26.5. The highest BCUT2D eigenvalue weighted by Gasteiger charge is 2.49. The normalized spacial score (nSPS) is 14.9.